The Bertz CT molecular complexity index is 1260. The molecule has 1 aliphatic heterocycles. The van der Waals surface area contributed by atoms with Crippen molar-refractivity contribution < 1.29 is 28.9 Å². The molecule has 0 radical (unpaired) electrons. The molecule has 1 amide bonds. The van der Waals surface area contributed by atoms with E-state index >= 15 is 0 Å². The zero-order chi connectivity index (χ0) is 23.7. The average molecular weight is 450 g/mol. The first-order valence-corrected chi connectivity index (χ1v) is 10.5. The van der Waals surface area contributed by atoms with Gasteiger partial charge in [0, 0.05) is 35.3 Å². The van der Waals surface area contributed by atoms with Gasteiger partial charge < -0.3 is 29.2 Å². The lowest BCUT2D eigenvalue weighted by Crippen LogP contribution is -2.33. The molecule has 1 aliphatic rings. The Morgan fingerprint density at radius 3 is 2.42 bits per heavy atom. The van der Waals surface area contributed by atoms with E-state index < -0.39 is 17.7 Å². The highest BCUT2D eigenvalue weighted by atomic mass is 16.5. The van der Waals surface area contributed by atoms with Crippen molar-refractivity contribution in [3.8, 4) is 17.2 Å². The van der Waals surface area contributed by atoms with Gasteiger partial charge in [0.2, 0.25) is 0 Å². The molecule has 1 aromatic heterocycles. The number of H-pyrrole nitrogens is 1. The molecule has 8 heteroatoms. The number of Topliss-reactive ketones (excluding diaryl/α,β-unsaturated/α-hetero) is 1. The predicted molar refractivity (Wildman–Crippen MR) is 123 cm³/mol. The van der Waals surface area contributed by atoms with Crippen LogP contribution in [0.15, 0.2) is 53.9 Å². The van der Waals surface area contributed by atoms with Crippen LogP contribution in [0, 0.1) is 0 Å². The van der Waals surface area contributed by atoms with Crippen LogP contribution < -0.4 is 14.2 Å². The molecule has 172 valence electrons. The normalized spacial score (nSPS) is 15.9. The third kappa shape index (κ3) is 3.88. The van der Waals surface area contributed by atoms with Crippen molar-refractivity contribution in [3.05, 3.63) is 65.1 Å². The zero-order valence-corrected chi connectivity index (χ0v) is 19.0. The molecule has 33 heavy (non-hydrogen) atoms. The van der Waals surface area contributed by atoms with Gasteiger partial charge in [-0.3, -0.25) is 9.59 Å². The van der Waals surface area contributed by atoms with E-state index in [2.05, 4.69) is 4.98 Å². The third-order valence-corrected chi connectivity index (χ3v) is 6.01. The van der Waals surface area contributed by atoms with Crippen LogP contribution in [0.3, 0.4) is 0 Å². The van der Waals surface area contributed by atoms with Crippen molar-refractivity contribution in [1.29, 1.82) is 0 Å². The molecule has 0 fully saturated rings. The average Bonchev–Trinajstić information content (AvgIpc) is 3.34. The molecule has 2 N–H and O–H groups in total. The largest absolute Gasteiger partial charge is 0.503 e. The fourth-order valence-corrected chi connectivity index (χ4v) is 4.34. The number of ketones is 1. The lowest BCUT2D eigenvalue weighted by atomic mass is 9.95. The summed E-state index contributed by atoms with van der Waals surface area (Å²) < 4.78 is 16.1. The van der Waals surface area contributed by atoms with E-state index in [1.165, 1.54) is 18.9 Å². The number of carbonyl (C=O) groups is 2. The SMILES string of the molecule is COc1ccc([C@@H]2C(C(C)=O)=C(O)C(=O)N2CCc2c[nH]c3ccc(OC)cc23)c(OC)c1. The highest BCUT2D eigenvalue weighted by molar-refractivity contribution is 6.08. The summed E-state index contributed by atoms with van der Waals surface area (Å²) in [4.78, 5) is 30.2. The first-order chi connectivity index (χ1) is 15.9. The number of rotatable bonds is 8. The summed E-state index contributed by atoms with van der Waals surface area (Å²) in [5.74, 6) is 0.299. The molecule has 0 saturated heterocycles. The van der Waals surface area contributed by atoms with Crippen molar-refractivity contribution >= 4 is 22.6 Å². The van der Waals surface area contributed by atoms with E-state index in [1.807, 2.05) is 24.4 Å². The molecule has 0 unspecified atom stereocenters. The number of aliphatic hydroxyl groups is 1. The van der Waals surface area contributed by atoms with Gasteiger partial charge in [-0.1, -0.05) is 0 Å². The molecule has 3 aromatic rings. The first kappa shape index (κ1) is 22.3. The second-order valence-electron chi connectivity index (χ2n) is 7.80. The Morgan fingerprint density at radius 1 is 1.06 bits per heavy atom. The van der Waals surface area contributed by atoms with Crippen LogP contribution in [0.25, 0.3) is 10.9 Å². The summed E-state index contributed by atoms with van der Waals surface area (Å²) in [6, 6.07) is 10.2. The van der Waals surface area contributed by atoms with Crippen LogP contribution in [0.2, 0.25) is 0 Å². The van der Waals surface area contributed by atoms with Gasteiger partial charge in [-0.05, 0) is 49.2 Å². The zero-order valence-electron chi connectivity index (χ0n) is 19.0. The van der Waals surface area contributed by atoms with Crippen LogP contribution in [0.5, 0.6) is 17.2 Å². The van der Waals surface area contributed by atoms with Crippen molar-refractivity contribution in [1.82, 2.24) is 9.88 Å². The van der Waals surface area contributed by atoms with Gasteiger partial charge in [-0.15, -0.1) is 0 Å². The smallest absolute Gasteiger partial charge is 0.290 e. The Kier molecular flexibility index (Phi) is 6.00. The van der Waals surface area contributed by atoms with Crippen LogP contribution >= 0.6 is 0 Å². The second kappa shape index (κ2) is 8.90. The van der Waals surface area contributed by atoms with Crippen molar-refractivity contribution in [3.63, 3.8) is 0 Å². The number of hydrogen-bond donors (Lipinski definition) is 2. The maximum atomic E-state index is 13.0. The van der Waals surface area contributed by atoms with Gasteiger partial charge >= 0.3 is 0 Å². The molecule has 0 saturated carbocycles. The Labute approximate surface area is 191 Å². The molecule has 0 spiro atoms. The number of fused-ring (bicyclic) bond motifs is 1. The number of nitrogens with zero attached hydrogens (tertiary/aromatic N) is 1. The lowest BCUT2D eigenvalue weighted by Gasteiger charge is -2.28. The molecule has 1 atom stereocenters. The number of methoxy groups -OCH3 is 3. The highest BCUT2D eigenvalue weighted by Crippen LogP contribution is 2.42. The Balaban J connectivity index is 1.71. The summed E-state index contributed by atoms with van der Waals surface area (Å²) in [6.07, 6.45) is 2.40. The fraction of sp³-hybridized carbons (Fsp3) is 0.280. The molecular weight excluding hydrogens is 424 g/mol. The number of carbonyl (C=O) groups excluding carboxylic acids is 2. The van der Waals surface area contributed by atoms with E-state index in [1.54, 1.807) is 32.4 Å². The van der Waals surface area contributed by atoms with Crippen molar-refractivity contribution in [2.45, 2.75) is 19.4 Å². The number of nitrogens with one attached hydrogen (secondary N) is 1. The van der Waals surface area contributed by atoms with Gasteiger partial charge in [0.05, 0.1) is 32.9 Å². The van der Waals surface area contributed by atoms with Gasteiger partial charge in [0.25, 0.3) is 5.91 Å². The first-order valence-electron chi connectivity index (χ1n) is 10.5. The Hall–Kier alpha value is -3.94. The Morgan fingerprint density at radius 2 is 1.76 bits per heavy atom. The minimum atomic E-state index is -0.768. The monoisotopic (exact) mass is 450 g/mol. The number of hydrogen-bond acceptors (Lipinski definition) is 6. The summed E-state index contributed by atoms with van der Waals surface area (Å²) in [6.45, 7) is 1.63. The van der Waals surface area contributed by atoms with Gasteiger partial charge in [-0.25, -0.2) is 0 Å². The topological polar surface area (TPSA) is 101 Å². The van der Waals surface area contributed by atoms with Crippen LogP contribution in [-0.2, 0) is 16.0 Å². The van der Waals surface area contributed by atoms with E-state index in [4.69, 9.17) is 14.2 Å². The fourth-order valence-electron chi connectivity index (χ4n) is 4.34. The summed E-state index contributed by atoms with van der Waals surface area (Å²) in [7, 11) is 4.67. The third-order valence-electron chi connectivity index (χ3n) is 6.01. The number of aliphatic hydroxyl groups excluding tert-OH is 1. The molecule has 2 heterocycles. The minimum absolute atomic E-state index is 0.0593. The highest BCUT2D eigenvalue weighted by Gasteiger charge is 2.43. The summed E-state index contributed by atoms with van der Waals surface area (Å²) >= 11 is 0. The number of aromatic amines is 1. The molecular formula is C25H26N2O6. The molecule has 2 aromatic carbocycles. The van der Waals surface area contributed by atoms with Crippen LogP contribution in [-0.4, -0.2) is 54.6 Å². The number of aromatic nitrogens is 1. The van der Waals surface area contributed by atoms with E-state index in [0.29, 0.717) is 23.5 Å². The van der Waals surface area contributed by atoms with Crippen molar-refractivity contribution in [2.75, 3.05) is 27.9 Å². The summed E-state index contributed by atoms with van der Waals surface area (Å²) in [5, 5.41) is 11.6. The van der Waals surface area contributed by atoms with Gasteiger partial charge in [0.15, 0.2) is 11.5 Å². The van der Waals surface area contributed by atoms with Gasteiger partial charge in [0.1, 0.15) is 17.2 Å². The minimum Gasteiger partial charge on any atom is -0.503 e. The second-order valence-corrected chi connectivity index (χ2v) is 7.80. The van der Waals surface area contributed by atoms with Crippen molar-refractivity contribution in [2.24, 2.45) is 0 Å². The summed E-state index contributed by atoms with van der Waals surface area (Å²) in [5.41, 5.74) is 2.61. The van der Waals surface area contributed by atoms with E-state index in [0.717, 1.165) is 22.2 Å². The quantitative estimate of drug-likeness (QED) is 0.543. The maximum Gasteiger partial charge on any atom is 0.290 e. The molecule has 4 rings (SSSR count). The predicted octanol–water partition coefficient (Wildman–Crippen LogP) is 3.72. The van der Waals surface area contributed by atoms with Crippen LogP contribution in [0.1, 0.15) is 24.1 Å². The number of benzene rings is 2. The van der Waals surface area contributed by atoms with Crippen LogP contribution in [0.4, 0.5) is 0 Å². The van der Waals surface area contributed by atoms with E-state index in [9.17, 15) is 14.7 Å². The standard InChI is InChI=1S/C25H26N2O6/c1-14(28)22-23(18-7-5-17(32-3)12-21(18)33-4)27(25(30)24(22)29)10-9-15-13-26-20-8-6-16(31-2)11-19(15)20/h5-8,11-13,23,26,29H,9-10H2,1-4H3/t23-/m1/s1. The molecule has 0 aliphatic carbocycles. The van der Waals surface area contributed by atoms with Gasteiger partial charge in [-0.2, -0.15) is 0 Å². The molecule has 0 bridgehead atoms. The molecule has 8 nitrogen and oxygen atoms in total. The number of amides is 1. The van der Waals surface area contributed by atoms with E-state index in [-0.39, 0.29) is 17.9 Å². The maximum absolute atomic E-state index is 13.0. The lowest BCUT2D eigenvalue weighted by molar-refractivity contribution is -0.129. The number of ether oxygens (including phenoxy) is 3.